The molecule has 2 saturated heterocycles. The molecule has 0 spiro atoms. The van der Waals surface area contributed by atoms with E-state index >= 15 is 0 Å². The molecule has 4 heterocycles. The Kier molecular flexibility index (Phi) is 6.71. The number of carbonyl (C=O) groups is 2. The molecule has 0 saturated carbocycles. The number of nitrogens with zero attached hydrogens (tertiary/aromatic N) is 5. The summed E-state index contributed by atoms with van der Waals surface area (Å²) < 4.78 is 12.3. The lowest BCUT2D eigenvalue weighted by Gasteiger charge is -2.31. The van der Waals surface area contributed by atoms with Crippen LogP contribution in [0.25, 0.3) is 10.9 Å². The lowest BCUT2D eigenvalue weighted by Crippen LogP contribution is -2.39. The Hall–Kier alpha value is -3.07. The minimum atomic E-state index is -0.149. The molecule has 2 aromatic heterocycles. The average molecular weight is 466 g/mol. The first-order valence-corrected chi connectivity index (χ1v) is 12.2. The van der Waals surface area contributed by atoms with Crippen LogP contribution in [0.15, 0.2) is 28.8 Å². The molecule has 0 unspecified atom stereocenters. The second-order valence-corrected chi connectivity index (χ2v) is 9.37. The minimum Gasteiger partial charge on any atom is -0.381 e. The average Bonchev–Trinajstić information content (AvgIpc) is 3.48. The standard InChI is InChI=1S/C25H31N5O4/c1-17-20-4-2-3-5-21(20)30(27-17)24(32)7-6-23(31)29-12-8-18(9-13-29)16-22-26-25(28-34-22)19-10-14-33-15-11-19/h2-5,18-19H,6-16H2,1H3. The number of carbonyl (C=O) groups excluding carboxylic acids is 2. The van der Waals surface area contributed by atoms with Gasteiger partial charge in [0.2, 0.25) is 17.7 Å². The maximum absolute atomic E-state index is 12.7. The fraction of sp³-hybridized carbons (Fsp3) is 0.560. The van der Waals surface area contributed by atoms with Crippen molar-refractivity contribution in [2.75, 3.05) is 26.3 Å². The molecule has 2 aliphatic rings. The van der Waals surface area contributed by atoms with Crippen LogP contribution in [-0.4, -0.2) is 62.9 Å². The molecule has 2 aliphatic heterocycles. The number of fused-ring (bicyclic) bond motifs is 1. The topological polar surface area (TPSA) is 103 Å². The highest BCUT2D eigenvalue weighted by molar-refractivity contribution is 5.93. The minimum absolute atomic E-state index is 0.0274. The van der Waals surface area contributed by atoms with Crippen LogP contribution in [0.2, 0.25) is 0 Å². The molecule has 0 bridgehead atoms. The number of aromatic nitrogens is 4. The molecule has 0 atom stereocenters. The van der Waals surface area contributed by atoms with Crippen LogP contribution in [0.5, 0.6) is 0 Å². The van der Waals surface area contributed by atoms with Gasteiger partial charge in [-0.3, -0.25) is 9.59 Å². The highest BCUT2D eigenvalue weighted by Gasteiger charge is 2.26. The van der Waals surface area contributed by atoms with E-state index in [9.17, 15) is 9.59 Å². The van der Waals surface area contributed by atoms with Crippen molar-refractivity contribution in [1.29, 1.82) is 0 Å². The van der Waals surface area contributed by atoms with Crippen LogP contribution >= 0.6 is 0 Å². The molecule has 180 valence electrons. The Bertz CT molecular complexity index is 1160. The Morgan fingerprint density at radius 1 is 1.03 bits per heavy atom. The first-order valence-electron chi connectivity index (χ1n) is 12.2. The molecule has 1 aromatic carbocycles. The predicted octanol–water partition coefficient (Wildman–Crippen LogP) is 3.52. The normalized spacial score (nSPS) is 18.0. The number of para-hydroxylation sites is 1. The zero-order valence-electron chi connectivity index (χ0n) is 19.6. The van der Waals surface area contributed by atoms with Crippen molar-refractivity contribution < 1.29 is 18.8 Å². The number of ether oxygens (including phenoxy) is 1. The summed E-state index contributed by atoms with van der Waals surface area (Å²) in [4.78, 5) is 32.0. The maximum Gasteiger partial charge on any atom is 0.247 e. The van der Waals surface area contributed by atoms with Gasteiger partial charge in [-0.15, -0.1) is 0 Å². The first kappa shape index (κ1) is 22.7. The molecule has 9 nitrogen and oxygen atoms in total. The van der Waals surface area contributed by atoms with Gasteiger partial charge in [-0.25, -0.2) is 0 Å². The van der Waals surface area contributed by atoms with Gasteiger partial charge in [0, 0.05) is 56.9 Å². The summed E-state index contributed by atoms with van der Waals surface area (Å²) in [5.74, 6) is 2.13. The van der Waals surface area contributed by atoms with Crippen molar-refractivity contribution in [3.05, 3.63) is 41.7 Å². The summed E-state index contributed by atoms with van der Waals surface area (Å²) in [6.45, 7) is 4.79. The summed E-state index contributed by atoms with van der Waals surface area (Å²) in [6.07, 6.45) is 4.80. The lowest BCUT2D eigenvalue weighted by atomic mass is 9.93. The van der Waals surface area contributed by atoms with E-state index in [1.165, 1.54) is 4.68 Å². The SMILES string of the molecule is Cc1nn(C(=O)CCC(=O)N2CCC(Cc3nc(C4CCOCC4)no3)CC2)c2ccccc12. The second-order valence-electron chi connectivity index (χ2n) is 9.37. The molecule has 9 heteroatoms. The van der Waals surface area contributed by atoms with Gasteiger partial charge < -0.3 is 14.2 Å². The summed E-state index contributed by atoms with van der Waals surface area (Å²) in [6, 6.07) is 7.66. The van der Waals surface area contributed by atoms with Gasteiger partial charge in [0.1, 0.15) is 0 Å². The van der Waals surface area contributed by atoms with Crippen molar-refractivity contribution in [2.24, 2.45) is 5.92 Å². The van der Waals surface area contributed by atoms with E-state index in [2.05, 4.69) is 15.2 Å². The third-order valence-electron chi connectivity index (χ3n) is 7.06. The van der Waals surface area contributed by atoms with Crippen molar-refractivity contribution in [1.82, 2.24) is 24.8 Å². The van der Waals surface area contributed by atoms with Gasteiger partial charge in [0.25, 0.3) is 0 Å². The van der Waals surface area contributed by atoms with Crippen LogP contribution in [0, 0.1) is 12.8 Å². The highest BCUT2D eigenvalue weighted by Crippen LogP contribution is 2.26. The predicted molar refractivity (Wildman–Crippen MR) is 124 cm³/mol. The van der Waals surface area contributed by atoms with E-state index < -0.39 is 0 Å². The summed E-state index contributed by atoms with van der Waals surface area (Å²) in [5.41, 5.74) is 1.61. The Labute approximate surface area is 198 Å². The van der Waals surface area contributed by atoms with E-state index in [1.54, 1.807) is 0 Å². The van der Waals surface area contributed by atoms with Gasteiger partial charge in [-0.1, -0.05) is 23.4 Å². The molecule has 0 radical (unpaired) electrons. The number of amides is 1. The molecule has 34 heavy (non-hydrogen) atoms. The molecule has 0 N–H and O–H groups in total. The Balaban J connectivity index is 1.09. The molecule has 1 amide bonds. The van der Waals surface area contributed by atoms with Crippen LogP contribution in [-0.2, 0) is 16.0 Å². The van der Waals surface area contributed by atoms with Crippen molar-refractivity contribution in [3.63, 3.8) is 0 Å². The summed E-state index contributed by atoms with van der Waals surface area (Å²) in [7, 11) is 0. The summed E-state index contributed by atoms with van der Waals surface area (Å²) >= 11 is 0. The van der Waals surface area contributed by atoms with Crippen LogP contribution < -0.4 is 0 Å². The summed E-state index contributed by atoms with van der Waals surface area (Å²) in [5, 5.41) is 9.53. The number of piperidine rings is 1. The smallest absolute Gasteiger partial charge is 0.247 e. The van der Waals surface area contributed by atoms with Crippen molar-refractivity contribution >= 4 is 22.7 Å². The number of rotatable bonds is 6. The first-order chi connectivity index (χ1) is 16.6. The third-order valence-corrected chi connectivity index (χ3v) is 7.06. The number of benzene rings is 1. The molecular formula is C25H31N5O4. The quantitative estimate of drug-likeness (QED) is 0.549. The van der Waals surface area contributed by atoms with Crippen LogP contribution in [0.4, 0.5) is 0 Å². The Morgan fingerprint density at radius 3 is 2.56 bits per heavy atom. The zero-order chi connectivity index (χ0) is 23.5. The molecule has 3 aromatic rings. The zero-order valence-corrected chi connectivity index (χ0v) is 19.6. The van der Waals surface area contributed by atoms with Crippen molar-refractivity contribution in [2.45, 2.75) is 57.8 Å². The van der Waals surface area contributed by atoms with Gasteiger partial charge >= 0.3 is 0 Å². The second kappa shape index (κ2) is 10.0. The third kappa shape index (κ3) is 4.89. The van der Waals surface area contributed by atoms with E-state index in [0.29, 0.717) is 30.8 Å². The van der Waals surface area contributed by atoms with E-state index in [-0.39, 0.29) is 24.7 Å². The van der Waals surface area contributed by atoms with Crippen molar-refractivity contribution in [3.8, 4) is 0 Å². The number of likely N-dealkylation sites (tertiary alicyclic amines) is 1. The lowest BCUT2D eigenvalue weighted by molar-refractivity contribution is -0.132. The molecule has 2 fully saturated rings. The van der Waals surface area contributed by atoms with Gasteiger partial charge in [-0.05, 0) is 44.6 Å². The van der Waals surface area contributed by atoms with Crippen LogP contribution in [0.3, 0.4) is 0 Å². The Morgan fingerprint density at radius 2 is 1.76 bits per heavy atom. The molecular weight excluding hydrogens is 434 g/mol. The largest absolute Gasteiger partial charge is 0.381 e. The van der Waals surface area contributed by atoms with Gasteiger partial charge in [0.15, 0.2) is 5.82 Å². The van der Waals surface area contributed by atoms with E-state index in [0.717, 1.165) is 67.7 Å². The van der Waals surface area contributed by atoms with Gasteiger partial charge in [-0.2, -0.15) is 14.8 Å². The maximum atomic E-state index is 12.7. The van der Waals surface area contributed by atoms with E-state index in [4.69, 9.17) is 9.26 Å². The van der Waals surface area contributed by atoms with Gasteiger partial charge in [0.05, 0.1) is 11.2 Å². The molecule has 5 rings (SSSR count). The number of hydrogen-bond acceptors (Lipinski definition) is 7. The highest BCUT2D eigenvalue weighted by atomic mass is 16.5. The fourth-order valence-corrected chi connectivity index (χ4v) is 5.00. The van der Waals surface area contributed by atoms with E-state index in [1.807, 2.05) is 36.1 Å². The fourth-order valence-electron chi connectivity index (χ4n) is 5.00. The molecule has 0 aliphatic carbocycles. The number of hydrogen-bond donors (Lipinski definition) is 0. The number of aryl methyl sites for hydroxylation is 1. The monoisotopic (exact) mass is 465 g/mol. The van der Waals surface area contributed by atoms with Crippen LogP contribution in [0.1, 0.15) is 66.6 Å².